The molecule has 2 amide bonds. The lowest BCUT2D eigenvalue weighted by Gasteiger charge is -2.55. The van der Waals surface area contributed by atoms with Crippen LogP contribution in [0.15, 0.2) is 42.5 Å². The van der Waals surface area contributed by atoms with Crippen LogP contribution < -0.4 is 10.6 Å². The number of ether oxygens (including phenoxy) is 1. The number of benzene rings is 2. The Morgan fingerprint density at radius 3 is 2.46 bits per heavy atom. The van der Waals surface area contributed by atoms with Crippen molar-refractivity contribution in [2.75, 3.05) is 18.5 Å². The van der Waals surface area contributed by atoms with Gasteiger partial charge in [-0.25, -0.2) is 4.79 Å². The average molecular weight is 505 g/mol. The molecule has 2 aromatic rings. The van der Waals surface area contributed by atoms with E-state index >= 15 is 0 Å². The molecule has 0 aliphatic heterocycles. The molecule has 0 bridgehead atoms. The third-order valence-corrected chi connectivity index (χ3v) is 8.63. The van der Waals surface area contributed by atoms with Crippen LogP contribution >= 0.6 is 0 Å². The molecule has 0 aromatic heterocycles. The minimum atomic E-state index is -0.564. The van der Waals surface area contributed by atoms with Crippen molar-refractivity contribution >= 4 is 23.5 Å². The number of hydrogen-bond donors (Lipinski definition) is 2. The second-order valence-electron chi connectivity index (χ2n) is 11.7. The Labute approximate surface area is 220 Å². The normalized spacial score (nSPS) is 24.5. The van der Waals surface area contributed by atoms with E-state index in [4.69, 9.17) is 4.74 Å². The molecular weight excluding hydrogens is 464 g/mol. The fraction of sp³-hybridized carbons (Fsp3) is 0.516. The number of amides is 2. The van der Waals surface area contributed by atoms with Crippen molar-refractivity contribution in [3.05, 3.63) is 64.7 Å². The fourth-order valence-corrected chi connectivity index (χ4v) is 6.67. The summed E-state index contributed by atoms with van der Waals surface area (Å²) < 4.78 is 5.25. The Morgan fingerprint density at radius 1 is 1.05 bits per heavy atom. The number of nitrogens with one attached hydrogen (secondary N) is 2. The molecule has 2 N–H and O–H groups in total. The van der Waals surface area contributed by atoms with Gasteiger partial charge in [0.25, 0.3) is 5.91 Å². The number of fused-ring (bicyclic) bond motifs is 3. The van der Waals surface area contributed by atoms with E-state index in [1.807, 2.05) is 0 Å². The van der Waals surface area contributed by atoms with Crippen LogP contribution in [-0.4, -0.2) is 30.9 Å². The van der Waals surface area contributed by atoms with E-state index in [-0.39, 0.29) is 29.3 Å². The van der Waals surface area contributed by atoms with Crippen molar-refractivity contribution in [3.63, 3.8) is 0 Å². The number of anilines is 1. The number of esters is 1. The summed E-state index contributed by atoms with van der Waals surface area (Å²) >= 11 is 0. The van der Waals surface area contributed by atoms with Gasteiger partial charge in [-0.2, -0.15) is 0 Å². The summed E-state index contributed by atoms with van der Waals surface area (Å²) in [6, 6.07) is 13.5. The van der Waals surface area contributed by atoms with Crippen LogP contribution in [0, 0.1) is 11.3 Å². The van der Waals surface area contributed by atoms with E-state index in [1.165, 1.54) is 30.0 Å². The molecule has 37 heavy (non-hydrogen) atoms. The minimum Gasteiger partial charge on any atom is -0.452 e. The maximum absolute atomic E-state index is 12.6. The van der Waals surface area contributed by atoms with E-state index in [1.54, 1.807) is 24.3 Å². The van der Waals surface area contributed by atoms with Crippen LogP contribution in [-0.2, 0) is 26.2 Å². The van der Waals surface area contributed by atoms with Gasteiger partial charge in [-0.1, -0.05) is 52.3 Å². The summed E-state index contributed by atoms with van der Waals surface area (Å²) in [5, 5.41) is 5.72. The molecule has 0 saturated heterocycles. The molecule has 2 aliphatic carbocycles. The second kappa shape index (κ2) is 10.7. The number of carbonyl (C=O) groups excluding carboxylic acids is 3. The summed E-state index contributed by atoms with van der Waals surface area (Å²) in [6.45, 7) is 10.9. The van der Waals surface area contributed by atoms with Gasteiger partial charge in [0.1, 0.15) is 0 Å². The van der Waals surface area contributed by atoms with Crippen LogP contribution in [0.4, 0.5) is 5.69 Å². The lowest BCUT2D eigenvalue weighted by Crippen LogP contribution is -2.53. The van der Waals surface area contributed by atoms with Gasteiger partial charge in [-0.05, 0) is 89.3 Å². The number of carbonyl (C=O) groups is 3. The lowest BCUT2D eigenvalue weighted by atomic mass is 9.49. The molecule has 1 fully saturated rings. The van der Waals surface area contributed by atoms with E-state index in [0.717, 1.165) is 25.7 Å². The standard InChI is InChI=1S/C31H40N2O4/c1-20(2)23-9-13-26-24(17-23)10-14-27-30(4,15-6-16-31(26,27)5)19-32-28(35)18-37-29(36)22-7-11-25(12-8-22)33-21(3)34/h7-9,11-13,17,20,27H,6,10,14-16,18-19H2,1-5H3,(H,32,35)(H,33,34). The van der Waals surface area contributed by atoms with Crippen molar-refractivity contribution < 1.29 is 19.1 Å². The Morgan fingerprint density at radius 2 is 1.78 bits per heavy atom. The van der Waals surface area contributed by atoms with Crippen molar-refractivity contribution in [1.82, 2.24) is 5.32 Å². The van der Waals surface area contributed by atoms with Gasteiger partial charge < -0.3 is 15.4 Å². The van der Waals surface area contributed by atoms with Crippen LogP contribution in [0.2, 0.25) is 0 Å². The molecule has 4 rings (SSSR count). The topological polar surface area (TPSA) is 84.5 Å². The van der Waals surface area contributed by atoms with Crippen molar-refractivity contribution in [2.24, 2.45) is 11.3 Å². The van der Waals surface area contributed by atoms with Crippen LogP contribution in [0.1, 0.15) is 93.3 Å². The molecule has 6 nitrogen and oxygen atoms in total. The lowest BCUT2D eigenvalue weighted by molar-refractivity contribution is -0.125. The van der Waals surface area contributed by atoms with Gasteiger partial charge in [0.05, 0.1) is 5.56 Å². The molecule has 0 spiro atoms. The van der Waals surface area contributed by atoms with Crippen LogP contribution in [0.25, 0.3) is 0 Å². The fourth-order valence-electron chi connectivity index (χ4n) is 6.67. The highest BCUT2D eigenvalue weighted by atomic mass is 16.5. The Balaban J connectivity index is 1.35. The predicted molar refractivity (Wildman–Crippen MR) is 146 cm³/mol. The van der Waals surface area contributed by atoms with Crippen LogP contribution in [0.5, 0.6) is 0 Å². The van der Waals surface area contributed by atoms with Gasteiger partial charge in [-0.3, -0.25) is 9.59 Å². The molecular formula is C31H40N2O4. The molecule has 2 aliphatic rings. The SMILES string of the molecule is CC(=O)Nc1ccc(C(=O)OCC(=O)NCC2(C)CCCC3(C)c4ccc(C(C)C)cc4CCC23)cc1. The number of hydrogen-bond acceptors (Lipinski definition) is 4. The quantitative estimate of drug-likeness (QED) is 0.470. The first-order valence-corrected chi connectivity index (χ1v) is 13.5. The maximum Gasteiger partial charge on any atom is 0.338 e. The molecule has 1 saturated carbocycles. The predicted octanol–water partition coefficient (Wildman–Crippen LogP) is 5.75. The van der Waals surface area contributed by atoms with Gasteiger partial charge in [0, 0.05) is 19.2 Å². The monoisotopic (exact) mass is 504 g/mol. The Hall–Kier alpha value is -3.15. The van der Waals surface area contributed by atoms with Crippen molar-refractivity contribution in [3.8, 4) is 0 Å². The molecule has 0 radical (unpaired) electrons. The summed E-state index contributed by atoms with van der Waals surface area (Å²) in [5.74, 6) is -0.0206. The van der Waals surface area contributed by atoms with Crippen molar-refractivity contribution in [1.29, 1.82) is 0 Å². The zero-order valence-electron chi connectivity index (χ0n) is 22.8. The summed E-state index contributed by atoms with van der Waals surface area (Å²) in [5.41, 5.74) is 5.42. The smallest absolute Gasteiger partial charge is 0.338 e. The van der Waals surface area contributed by atoms with Crippen molar-refractivity contribution in [2.45, 2.75) is 78.1 Å². The van der Waals surface area contributed by atoms with Gasteiger partial charge >= 0.3 is 5.97 Å². The van der Waals surface area contributed by atoms with Gasteiger partial charge in [0.15, 0.2) is 6.61 Å². The highest BCUT2D eigenvalue weighted by Gasteiger charge is 2.51. The molecule has 6 heteroatoms. The third-order valence-electron chi connectivity index (χ3n) is 8.63. The highest BCUT2D eigenvalue weighted by Crippen LogP contribution is 2.57. The maximum atomic E-state index is 12.6. The number of rotatable bonds is 7. The van der Waals surface area contributed by atoms with E-state index in [0.29, 0.717) is 29.6 Å². The molecule has 198 valence electrons. The van der Waals surface area contributed by atoms with Gasteiger partial charge in [0.2, 0.25) is 5.91 Å². The largest absolute Gasteiger partial charge is 0.452 e. The zero-order valence-corrected chi connectivity index (χ0v) is 22.8. The zero-order chi connectivity index (χ0) is 26.8. The first-order chi connectivity index (χ1) is 17.5. The molecule has 0 heterocycles. The third kappa shape index (κ3) is 5.73. The van der Waals surface area contributed by atoms with Gasteiger partial charge in [-0.15, -0.1) is 0 Å². The number of aryl methyl sites for hydroxylation is 1. The summed E-state index contributed by atoms with van der Waals surface area (Å²) in [6.07, 6.45) is 5.59. The highest BCUT2D eigenvalue weighted by molar-refractivity contribution is 5.93. The van der Waals surface area contributed by atoms with E-state index < -0.39 is 5.97 Å². The average Bonchev–Trinajstić information content (AvgIpc) is 2.85. The summed E-state index contributed by atoms with van der Waals surface area (Å²) in [4.78, 5) is 36.2. The summed E-state index contributed by atoms with van der Waals surface area (Å²) in [7, 11) is 0. The van der Waals surface area contributed by atoms with E-state index in [2.05, 4.69) is 56.5 Å². The van der Waals surface area contributed by atoms with E-state index in [9.17, 15) is 14.4 Å². The molecule has 3 atom stereocenters. The minimum absolute atomic E-state index is 0.0133. The first kappa shape index (κ1) is 26.9. The first-order valence-electron chi connectivity index (χ1n) is 13.5. The second-order valence-corrected chi connectivity index (χ2v) is 11.7. The molecule has 2 aromatic carbocycles. The Kier molecular flexibility index (Phi) is 7.77. The Bertz CT molecular complexity index is 1170. The molecule has 3 unspecified atom stereocenters. The van der Waals surface area contributed by atoms with Crippen LogP contribution in [0.3, 0.4) is 0 Å².